The number of hydrogen-bond acceptors (Lipinski definition) is 4. The summed E-state index contributed by atoms with van der Waals surface area (Å²) in [6, 6.07) is 1.80. The second kappa shape index (κ2) is 4.97. The molecule has 2 aromatic rings. The lowest BCUT2D eigenvalue weighted by atomic mass is 9.91. The first-order valence-electron chi connectivity index (χ1n) is 6.50. The Hall–Kier alpha value is -1.76. The summed E-state index contributed by atoms with van der Waals surface area (Å²) in [5, 5.41) is 11.2. The number of hydrogen-bond donors (Lipinski definition) is 1. The van der Waals surface area contributed by atoms with Crippen molar-refractivity contribution in [1.29, 1.82) is 0 Å². The Morgan fingerprint density at radius 2 is 2.05 bits per heavy atom. The fourth-order valence-corrected chi connectivity index (χ4v) is 2.21. The zero-order valence-electron chi connectivity index (χ0n) is 12.4. The summed E-state index contributed by atoms with van der Waals surface area (Å²) in [6.07, 6.45) is 0. The molecule has 0 saturated carbocycles. The smallest absolute Gasteiger partial charge is 0.277 e. The number of aromatic amines is 1. The molecule has 0 aliphatic rings. The van der Waals surface area contributed by atoms with Gasteiger partial charge in [0.25, 0.3) is 5.56 Å². The highest BCUT2D eigenvalue weighted by atomic mass is 32.1. The van der Waals surface area contributed by atoms with Gasteiger partial charge in [0.2, 0.25) is 0 Å². The predicted octanol–water partition coefficient (Wildman–Crippen LogP) is 2.02. The zero-order valence-corrected chi connectivity index (χ0v) is 13.2. The molecule has 2 rings (SSSR count). The maximum absolute atomic E-state index is 12.3. The van der Waals surface area contributed by atoms with Crippen LogP contribution in [0, 0.1) is 4.77 Å². The molecule has 0 fully saturated rings. The summed E-state index contributed by atoms with van der Waals surface area (Å²) < 4.78 is 3.67. The molecule has 0 spiro atoms. The summed E-state index contributed by atoms with van der Waals surface area (Å²) in [6.45, 7) is 8.79. The molecule has 20 heavy (non-hydrogen) atoms. The molecule has 1 N–H and O–H groups in total. The third kappa shape index (κ3) is 2.45. The van der Waals surface area contributed by atoms with Crippen LogP contribution in [0.25, 0.3) is 11.4 Å². The molecule has 6 nitrogen and oxygen atoms in total. The van der Waals surface area contributed by atoms with Crippen molar-refractivity contribution in [1.82, 2.24) is 24.5 Å². The number of nitrogens with one attached hydrogen (secondary N) is 1. The van der Waals surface area contributed by atoms with Crippen molar-refractivity contribution in [2.75, 3.05) is 0 Å². The fraction of sp³-hybridized carbons (Fsp3) is 0.538. The molecule has 0 unspecified atom stereocenters. The van der Waals surface area contributed by atoms with E-state index >= 15 is 0 Å². The van der Waals surface area contributed by atoms with E-state index in [0.29, 0.717) is 22.7 Å². The maximum atomic E-state index is 12.3. The van der Waals surface area contributed by atoms with E-state index < -0.39 is 0 Å². The van der Waals surface area contributed by atoms with E-state index in [0.717, 1.165) is 5.69 Å². The second-order valence-electron chi connectivity index (χ2n) is 5.72. The highest BCUT2D eigenvalue weighted by Gasteiger charge is 2.21. The lowest BCUT2D eigenvalue weighted by Crippen LogP contribution is -2.27. The maximum Gasteiger partial charge on any atom is 0.277 e. The normalized spacial score (nSPS) is 11.8. The van der Waals surface area contributed by atoms with Crippen LogP contribution >= 0.6 is 12.2 Å². The van der Waals surface area contributed by atoms with Gasteiger partial charge in [-0.1, -0.05) is 20.8 Å². The lowest BCUT2D eigenvalue weighted by molar-refractivity contribution is 0.531. The van der Waals surface area contributed by atoms with Gasteiger partial charge < -0.3 is 4.57 Å². The minimum Gasteiger partial charge on any atom is -0.300 e. The first-order chi connectivity index (χ1) is 9.25. The topological polar surface area (TPSA) is 68.5 Å². The molecule has 0 saturated heterocycles. The van der Waals surface area contributed by atoms with Crippen LogP contribution in [0.2, 0.25) is 0 Å². The first kappa shape index (κ1) is 14.6. The van der Waals surface area contributed by atoms with Gasteiger partial charge in [-0.25, -0.2) is 4.68 Å². The van der Waals surface area contributed by atoms with E-state index in [-0.39, 0.29) is 11.0 Å². The Morgan fingerprint density at radius 1 is 1.40 bits per heavy atom. The molecule has 0 bridgehead atoms. The highest BCUT2D eigenvalue weighted by Crippen LogP contribution is 2.22. The van der Waals surface area contributed by atoms with Crippen molar-refractivity contribution in [3.8, 4) is 11.4 Å². The Balaban J connectivity index is 2.77. The largest absolute Gasteiger partial charge is 0.300 e. The van der Waals surface area contributed by atoms with Gasteiger partial charge in [-0.05, 0) is 25.2 Å². The van der Waals surface area contributed by atoms with E-state index in [1.165, 1.54) is 4.68 Å². The minimum absolute atomic E-state index is 0.148. The summed E-state index contributed by atoms with van der Waals surface area (Å²) in [7, 11) is 1.65. The van der Waals surface area contributed by atoms with Gasteiger partial charge >= 0.3 is 0 Å². The Kier molecular flexibility index (Phi) is 3.64. The number of rotatable bonds is 2. The van der Waals surface area contributed by atoms with Gasteiger partial charge in [0.1, 0.15) is 0 Å². The summed E-state index contributed by atoms with van der Waals surface area (Å²) >= 11 is 5.17. The predicted molar refractivity (Wildman–Crippen MR) is 80.3 cm³/mol. The molecule has 0 aliphatic heterocycles. The second-order valence-corrected chi connectivity index (χ2v) is 6.11. The number of H-pyrrole nitrogens is 1. The van der Waals surface area contributed by atoms with Crippen LogP contribution in [-0.2, 0) is 19.0 Å². The average molecular weight is 293 g/mol. The number of aryl methyl sites for hydroxylation is 1. The zero-order chi connectivity index (χ0) is 15.1. The third-order valence-corrected chi connectivity index (χ3v) is 3.46. The van der Waals surface area contributed by atoms with Crippen molar-refractivity contribution in [2.24, 2.45) is 7.05 Å². The van der Waals surface area contributed by atoms with Crippen LogP contribution in [0.1, 0.15) is 33.4 Å². The molecule has 2 heterocycles. The Morgan fingerprint density at radius 3 is 2.60 bits per heavy atom. The van der Waals surface area contributed by atoms with Gasteiger partial charge in [-0.2, -0.15) is 10.2 Å². The van der Waals surface area contributed by atoms with Crippen molar-refractivity contribution < 1.29 is 0 Å². The first-order valence-corrected chi connectivity index (χ1v) is 6.91. The molecule has 0 aliphatic carbocycles. The quantitative estimate of drug-likeness (QED) is 0.860. The van der Waals surface area contributed by atoms with Crippen molar-refractivity contribution in [3.05, 3.63) is 26.9 Å². The number of aromatic nitrogens is 5. The van der Waals surface area contributed by atoms with Crippen molar-refractivity contribution in [3.63, 3.8) is 0 Å². The molecular formula is C13H19N5OS. The lowest BCUT2D eigenvalue weighted by Gasteiger charge is -2.19. The van der Waals surface area contributed by atoms with Crippen molar-refractivity contribution in [2.45, 2.75) is 39.7 Å². The fourth-order valence-electron chi connectivity index (χ4n) is 1.95. The molecule has 0 atom stereocenters. The molecule has 7 heteroatoms. The SMILES string of the molecule is CCn1c(-c2cc(C(C)(C)C)nn(C)c2=O)n[nH]c1=S. The molecule has 2 aromatic heterocycles. The number of nitrogens with zero attached hydrogens (tertiary/aromatic N) is 4. The molecular weight excluding hydrogens is 274 g/mol. The molecule has 0 aromatic carbocycles. The van der Waals surface area contributed by atoms with E-state index in [1.54, 1.807) is 17.7 Å². The van der Waals surface area contributed by atoms with E-state index in [9.17, 15) is 4.79 Å². The highest BCUT2D eigenvalue weighted by molar-refractivity contribution is 7.71. The van der Waals surface area contributed by atoms with E-state index in [4.69, 9.17) is 12.2 Å². The van der Waals surface area contributed by atoms with Gasteiger partial charge in [0.05, 0.1) is 11.3 Å². The van der Waals surface area contributed by atoms with E-state index in [2.05, 4.69) is 36.1 Å². The van der Waals surface area contributed by atoms with Gasteiger partial charge in [0, 0.05) is 19.0 Å². The standard InChI is InChI=1S/C13H19N5OS/c1-6-18-10(14-15-12(18)20)8-7-9(13(2,3)4)16-17(5)11(8)19/h7H,6H2,1-5H3,(H,15,20). The van der Waals surface area contributed by atoms with Crippen molar-refractivity contribution >= 4 is 12.2 Å². The van der Waals surface area contributed by atoms with Crippen LogP contribution in [0.4, 0.5) is 0 Å². The van der Waals surface area contributed by atoms with Crippen LogP contribution in [0.5, 0.6) is 0 Å². The third-order valence-electron chi connectivity index (χ3n) is 3.15. The summed E-state index contributed by atoms with van der Waals surface area (Å²) in [4.78, 5) is 12.3. The van der Waals surface area contributed by atoms with Gasteiger partial charge in [-0.15, -0.1) is 0 Å². The summed E-state index contributed by atoms with van der Waals surface area (Å²) in [5.74, 6) is 0.561. The van der Waals surface area contributed by atoms with Crippen LogP contribution in [0.15, 0.2) is 10.9 Å². The Labute approximate surface area is 122 Å². The average Bonchev–Trinajstić information content (AvgIpc) is 2.72. The molecule has 0 amide bonds. The van der Waals surface area contributed by atoms with Gasteiger partial charge in [0.15, 0.2) is 10.6 Å². The van der Waals surface area contributed by atoms with Crippen LogP contribution in [-0.4, -0.2) is 24.5 Å². The van der Waals surface area contributed by atoms with Crippen LogP contribution in [0.3, 0.4) is 0 Å². The molecule has 108 valence electrons. The molecule has 0 radical (unpaired) electrons. The van der Waals surface area contributed by atoms with Gasteiger partial charge in [-0.3, -0.25) is 9.89 Å². The minimum atomic E-state index is -0.179. The Bertz CT molecular complexity index is 747. The monoisotopic (exact) mass is 293 g/mol. The van der Waals surface area contributed by atoms with E-state index in [1.807, 2.05) is 6.92 Å². The van der Waals surface area contributed by atoms with Crippen LogP contribution < -0.4 is 5.56 Å². The summed E-state index contributed by atoms with van der Waals surface area (Å²) in [5.41, 5.74) is 1.03.